The first-order chi connectivity index (χ1) is 7.84. The van der Waals surface area contributed by atoms with E-state index in [0.29, 0.717) is 0 Å². The van der Waals surface area contributed by atoms with Crippen molar-refractivity contribution in [3.63, 3.8) is 0 Å². The maximum absolute atomic E-state index is 5.69. The van der Waals surface area contributed by atoms with Gasteiger partial charge >= 0.3 is 0 Å². The molecule has 1 aliphatic heterocycles. The van der Waals surface area contributed by atoms with Gasteiger partial charge in [-0.3, -0.25) is 0 Å². The van der Waals surface area contributed by atoms with Gasteiger partial charge in [0.25, 0.3) is 0 Å². The number of halogens is 1. The Morgan fingerprint density at radius 1 is 1.38 bits per heavy atom. The lowest BCUT2D eigenvalue weighted by Gasteiger charge is -2.22. The standard InChI is InChI=1S/C13H17BrO2/c14-12-5-3-4-11(10-12)7-9-16-13-6-1-2-8-15-13/h3-5,10,13H,1-2,6-9H2/t13-/m0/s1. The van der Waals surface area contributed by atoms with E-state index in [1.54, 1.807) is 0 Å². The van der Waals surface area contributed by atoms with Crippen LogP contribution in [-0.4, -0.2) is 19.5 Å². The molecule has 0 saturated carbocycles. The van der Waals surface area contributed by atoms with Gasteiger partial charge in [0, 0.05) is 11.1 Å². The molecule has 2 rings (SSSR count). The lowest BCUT2D eigenvalue weighted by molar-refractivity contribution is -0.161. The highest BCUT2D eigenvalue weighted by Crippen LogP contribution is 2.15. The van der Waals surface area contributed by atoms with Gasteiger partial charge in [0.15, 0.2) is 6.29 Å². The minimum Gasteiger partial charge on any atom is -0.353 e. The molecule has 0 spiro atoms. The van der Waals surface area contributed by atoms with Crippen LogP contribution in [0.25, 0.3) is 0 Å². The number of benzene rings is 1. The molecule has 88 valence electrons. The van der Waals surface area contributed by atoms with E-state index in [4.69, 9.17) is 9.47 Å². The Morgan fingerprint density at radius 3 is 3.06 bits per heavy atom. The molecule has 0 amide bonds. The van der Waals surface area contributed by atoms with Crippen molar-refractivity contribution in [2.75, 3.05) is 13.2 Å². The Hall–Kier alpha value is -0.380. The molecule has 2 nitrogen and oxygen atoms in total. The maximum Gasteiger partial charge on any atom is 0.157 e. The molecule has 0 aliphatic carbocycles. The van der Waals surface area contributed by atoms with E-state index in [2.05, 4.69) is 34.1 Å². The summed E-state index contributed by atoms with van der Waals surface area (Å²) < 4.78 is 12.3. The Balaban J connectivity index is 1.71. The van der Waals surface area contributed by atoms with Crippen LogP contribution in [0.1, 0.15) is 24.8 Å². The van der Waals surface area contributed by atoms with E-state index in [1.807, 2.05) is 6.07 Å². The number of rotatable bonds is 4. The summed E-state index contributed by atoms with van der Waals surface area (Å²) in [5, 5.41) is 0. The molecule has 1 saturated heterocycles. The Bertz CT molecular complexity index is 321. The van der Waals surface area contributed by atoms with Gasteiger partial charge in [0.05, 0.1) is 6.61 Å². The van der Waals surface area contributed by atoms with Gasteiger partial charge in [-0.1, -0.05) is 28.1 Å². The highest BCUT2D eigenvalue weighted by Gasteiger charge is 2.13. The summed E-state index contributed by atoms with van der Waals surface area (Å²) in [5.41, 5.74) is 1.30. The summed E-state index contributed by atoms with van der Waals surface area (Å²) in [6.07, 6.45) is 4.41. The Morgan fingerprint density at radius 2 is 2.31 bits per heavy atom. The zero-order chi connectivity index (χ0) is 11.2. The second-order valence-corrected chi connectivity index (χ2v) is 4.96. The third-order valence-electron chi connectivity index (χ3n) is 2.72. The van der Waals surface area contributed by atoms with Crippen LogP contribution in [0.15, 0.2) is 28.7 Å². The second-order valence-electron chi connectivity index (χ2n) is 4.05. The number of ether oxygens (including phenoxy) is 2. The molecular formula is C13H17BrO2. The molecule has 0 N–H and O–H groups in total. The van der Waals surface area contributed by atoms with Gasteiger partial charge in [0.2, 0.25) is 0 Å². The largest absolute Gasteiger partial charge is 0.353 e. The fraction of sp³-hybridized carbons (Fsp3) is 0.538. The van der Waals surface area contributed by atoms with E-state index in [-0.39, 0.29) is 6.29 Å². The van der Waals surface area contributed by atoms with Crippen LogP contribution in [0, 0.1) is 0 Å². The van der Waals surface area contributed by atoms with Gasteiger partial charge < -0.3 is 9.47 Å². The fourth-order valence-corrected chi connectivity index (χ4v) is 2.29. The van der Waals surface area contributed by atoms with Gasteiger partial charge in [-0.2, -0.15) is 0 Å². The first-order valence-electron chi connectivity index (χ1n) is 5.82. The molecule has 0 bridgehead atoms. The third-order valence-corrected chi connectivity index (χ3v) is 3.21. The lowest BCUT2D eigenvalue weighted by Crippen LogP contribution is -2.23. The van der Waals surface area contributed by atoms with Crippen molar-refractivity contribution >= 4 is 15.9 Å². The topological polar surface area (TPSA) is 18.5 Å². The fourth-order valence-electron chi connectivity index (χ4n) is 1.84. The molecule has 0 unspecified atom stereocenters. The van der Waals surface area contributed by atoms with Crippen molar-refractivity contribution in [2.45, 2.75) is 32.0 Å². The summed E-state index contributed by atoms with van der Waals surface area (Å²) >= 11 is 3.47. The van der Waals surface area contributed by atoms with E-state index in [0.717, 1.165) is 30.5 Å². The van der Waals surface area contributed by atoms with Crippen molar-refractivity contribution in [3.05, 3.63) is 34.3 Å². The molecule has 0 radical (unpaired) electrons. The molecule has 1 aromatic rings. The van der Waals surface area contributed by atoms with Crippen molar-refractivity contribution in [3.8, 4) is 0 Å². The first-order valence-corrected chi connectivity index (χ1v) is 6.61. The lowest BCUT2D eigenvalue weighted by atomic mass is 10.2. The molecule has 16 heavy (non-hydrogen) atoms. The predicted molar refractivity (Wildman–Crippen MR) is 67.4 cm³/mol. The minimum atomic E-state index is 0.0286. The van der Waals surface area contributed by atoms with Crippen molar-refractivity contribution in [2.24, 2.45) is 0 Å². The second kappa shape index (κ2) is 6.38. The molecule has 1 aromatic carbocycles. The van der Waals surface area contributed by atoms with E-state index >= 15 is 0 Å². The van der Waals surface area contributed by atoms with Crippen LogP contribution >= 0.6 is 15.9 Å². The van der Waals surface area contributed by atoms with Gasteiger partial charge in [0.1, 0.15) is 0 Å². The highest BCUT2D eigenvalue weighted by molar-refractivity contribution is 9.10. The smallest absolute Gasteiger partial charge is 0.157 e. The minimum absolute atomic E-state index is 0.0286. The number of hydrogen-bond acceptors (Lipinski definition) is 2. The predicted octanol–water partition coefficient (Wildman–Crippen LogP) is 3.53. The van der Waals surface area contributed by atoms with Crippen molar-refractivity contribution in [1.29, 1.82) is 0 Å². The van der Waals surface area contributed by atoms with E-state index in [9.17, 15) is 0 Å². The van der Waals surface area contributed by atoms with E-state index < -0.39 is 0 Å². The van der Waals surface area contributed by atoms with Crippen LogP contribution < -0.4 is 0 Å². The average Bonchev–Trinajstić information content (AvgIpc) is 2.30. The molecule has 0 aromatic heterocycles. The van der Waals surface area contributed by atoms with E-state index in [1.165, 1.54) is 18.4 Å². The zero-order valence-corrected chi connectivity index (χ0v) is 10.9. The Labute approximate surface area is 105 Å². The third kappa shape index (κ3) is 3.89. The molecule has 1 heterocycles. The quantitative estimate of drug-likeness (QED) is 0.842. The molecule has 1 aliphatic rings. The molecule has 1 fully saturated rings. The van der Waals surface area contributed by atoms with Gasteiger partial charge in [-0.05, 0) is 43.4 Å². The summed E-state index contributed by atoms with van der Waals surface area (Å²) in [4.78, 5) is 0. The van der Waals surface area contributed by atoms with Crippen molar-refractivity contribution < 1.29 is 9.47 Å². The highest BCUT2D eigenvalue weighted by atomic mass is 79.9. The van der Waals surface area contributed by atoms with Crippen LogP contribution in [0.3, 0.4) is 0 Å². The maximum atomic E-state index is 5.69. The van der Waals surface area contributed by atoms with Crippen LogP contribution in [0.5, 0.6) is 0 Å². The van der Waals surface area contributed by atoms with Crippen molar-refractivity contribution in [1.82, 2.24) is 0 Å². The SMILES string of the molecule is Brc1cccc(CCO[C@H]2CCCCO2)c1. The summed E-state index contributed by atoms with van der Waals surface area (Å²) in [5.74, 6) is 0. The average molecular weight is 285 g/mol. The number of hydrogen-bond donors (Lipinski definition) is 0. The van der Waals surface area contributed by atoms with Gasteiger partial charge in [-0.25, -0.2) is 0 Å². The molecule has 1 atom stereocenters. The summed E-state index contributed by atoms with van der Waals surface area (Å²) in [6.45, 7) is 1.59. The first kappa shape index (κ1) is 12.1. The van der Waals surface area contributed by atoms with Crippen LogP contribution in [-0.2, 0) is 15.9 Å². The summed E-state index contributed by atoms with van der Waals surface area (Å²) in [6, 6.07) is 8.34. The molecule has 3 heteroatoms. The molecular weight excluding hydrogens is 268 g/mol. The zero-order valence-electron chi connectivity index (χ0n) is 9.32. The van der Waals surface area contributed by atoms with Crippen LogP contribution in [0.4, 0.5) is 0 Å². The summed E-state index contributed by atoms with van der Waals surface area (Å²) in [7, 11) is 0. The van der Waals surface area contributed by atoms with Gasteiger partial charge in [-0.15, -0.1) is 0 Å². The van der Waals surface area contributed by atoms with Crippen LogP contribution in [0.2, 0.25) is 0 Å². The monoisotopic (exact) mass is 284 g/mol. The normalized spacial score (nSPS) is 20.9. The Kier molecular flexibility index (Phi) is 4.82.